The number of anilines is 1. The third kappa shape index (κ3) is 5.43. The number of hydrogen-bond acceptors (Lipinski definition) is 2. The van der Waals surface area contributed by atoms with E-state index in [2.05, 4.69) is 5.32 Å². The van der Waals surface area contributed by atoms with Gasteiger partial charge in [-0.1, -0.05) is 52.5 Å². The Kier molecular flexibility index (Phi) is 6.72. The highest BCUT2D eigenvalue weighted by molar-refractivity contribution is 6.37. The Morgan fingerprint density at radius 3 is 2.11 bits per heavy atom. The van der Waals surface area contributed by atoms with Crippen LogP contribution in [0.2, 0.25) is 20.1 Å². The predicted molar refractivity (Wildman–Crippen MR) is 111 cm³/mol. The van der Waals surface area contributed by atoms with Gasteiger partial charge in [-0.15, -0.1) is 0 Å². The zero-order valence-corrected chi connectivity index (χ0v) is 16.9. The molecule has 140 valence electrons. The van der Waals surface area contributed by atoms with Gasteiger partial charge in [-0.25, -0.2) is 4.39 Å². The maximum atomic E-state index is 12.9. The number of nitrogens with one attached hydrogen (secondary N) is 1. The van der Waals surface area contributed by atoms with Gasteiger partial charge in [0, 0.05) is 27.8 Å². The Hall–Kier alpha value is -1.65. The number of benzene rings is 3. The van der Waals surface area contributed by atoms with Crippen LogP contribution in [-0.4, -0.2) is 0 Å². The molecule has 0 heterocycles. The highest BCUT2D eigenvalue weighted by Gasteiger charge is 2.11. The fourth-order valence-corrected chi connectivity index (χ4v) is 3.52. The first-order valence-electron chi connectivity index (χ1n) is 7.96. The summed E-state index contributed by atoms with van der Waals surface area (Å²) in [4.78, 5) is 0. The third-order valence-electron chi connectivity index (χ3n) is 3.79. The molecule has 0 atom stereocenters. The monoisotopic (exact) mass is 443 g/mol. The van der Waals surface area contributed by atoms with Crippen molar-refractivity contribution in [3.05, 3.63) is 91.6 Å². The van der Waals surface area contributed by atoms with E-state index in [0.29, 0.717) is 32.4 Å². The Balaban J connectivity index is 1.67. The molecule has 1 N–H and O–H groups in total. The molecule has 0 fully saturated rings. The van der Waals surface area contributed by atoms with Crippen molar-refractivity contribution in [1.29, 1.82) is 0 Å². The van der Waals surface area contributed by atoms with Crippen molar-refractivity contribution >= 4 is 52.1 Å². The molecule has 2 nitrogen and oxygen atoms in total. The molecule has 0 aromatic heterocycles. The molecule has 0 spiro atoms. The second kappa shape index (κ2) is 9.03. The molecule has 0 aliphatic carbocycles. The highest BCUT2D eigenvalue weighted by atomic mass is 35.5. The van der Waals surface area contributed by atoms with Crippen LogP contribution in [0.4, 0.5) is 10.1 Å². The van der Waals surface area contributed by atoms with Crippen LogP contribution in [0, 0.1) is 5.82 Å². The minimum absolute atomic E-state index is 0.211. The standard InChI is InChI=1S/C20H14Cl4FNO/c21-14-2-1-13(17(22)9-14)11-27-20-18(23)7-12(8-19(20)24)10-26-16-5-3-15(25)4-6-16/h1-9,26H,10-11H2. The summed E-state index contributed by atoms with van der Waals surface area (Å²) in [6.45, 7) is 0.691. The van der Waals surface area contributed by atoms with Crippen molar-refractivity contribution in [2.45, 2.75) is 13.2 Å². The summed E-state index contributed by atoms with van der Waals surface area (Å²) < 4.78 is 18.7. The fraction of sp³-hybridized carbons (Fsp3) is 0.100. The lowest BCUT2D eigenvalue weighted by Crippen LogP contribution is -2.01. The molecule has 0 aliphatic rings. The topological polar surface area (TPSA) is 21.3 Å². The fourth-order valence-electron chi connectivity index (χ4n) is 2.41. The van der Waals surface area contributed by atoms with Gasteiger partial charge in [0.25, 0.3) is 0 Å². The van der Waals surface area contributed by atoms with Crippen molar-refractivity contribution in [1.82, 2.24) is 0 Å². The molecule has 0 saturated carbocycles. The molecule has 3 aromatic rings. The summed E-state index contributed by atoms with van der Waals surface area (Å²) in [6, 6.07) is 14.8. The van der Waals surface area contributed by atoms with Crippen LogP contribution in [0.25, 0.3) is 0 Å². The maximum Gasteiger partial charge on any atom is 0.156 e. The van der Waals surface area contributed by atoms with E-state index in [0.717, 1.165) is 16.8 Å². The van der Waals surface area contributed by atoms with Crippen molar-refractivity contribution in [3.8, 4) is 5.75 Å². The second-order valence-corrected chi connectivity index (χ2v) is 7.43. The second-order valence-electron chi connectivity index (χ2n) is 5.77. The zero-order valence-electron chi connectivity index (χ0n) is 13.9. The van der Waals surface area contributed by atoms with Crippen LogP contribution in [0.15, 0.2) is 54.6 Å². The van der Waals surface area contributed by atoms with Gasteiger partial charge < -0.3 is 10.1 Å². The number of halogens is 5. The van der Waals surface area contributed by atoms with E-state index in [9.17, 15) is 4.39 Å². The molecule has 3 rings (SSSR count). The summed E-state index contributed by atoms with van der Waals surface area (Å²) in [6.07, 6.45) is 0. The van der Waals surface area contributed by atoms with Crippen LogP contribution in [0.5, 0.6) is 5.75 Å². The van der Waals surface area contributed by atoms with E-state index in [-0.39, 0.29) is 12.4 Å². The van der Waals surface area contributed by atoms with Gasteiger partial charge in [0.05, 0.1) is 10.0 Å². The van der Waals surface area contributed by atoms with Crippen LogP contribution < -0.4 is 10.1 Å². The van der Waals surface area contributed by atoms with Crippen molar-refractivity contribution in [2.75, 3.05) is 5.32 Å². The molecule has 0 bridgehead atoms. The first-order valence-corrected chi connectivity index (χ1v) is 9.47. The smallest absolute Gasteiger partial charge is 0.156 e. The van der Waals surface area contributed by atoms with E-state index < -0.39 is 0 Å². The summed E-state index contributed by atoms with van der Waals surface area (Å²) in [7, 11) is 0. The van der Waals surface area contributed by atoms with Gasteiger partial charge >= 0.3 is 0 Å². The average Bonchev–Trinajstić information content (AvgIpc) is 2.62. The number of rotatable bonds is 6. The van der Waals surface area contributed by atoms with E-state index in [1.807, 2.05) is 0 Å². The molecule has 3 aromatic carbocycles. The molecule has 0 unspecified atom stereocenters. The predicted octanol–water partition coefficient (Wildman–Crippen LogP) is 7.63. The SMILES string of the molecule is Fc1ccc(NCc2cc(Cl)c(OCc3ccc(Cl)cc3Cl)c(Cl)c2)cc1. The average molecular weight is 445 g/mol. The highest BCUT2D eigenvalue weighted by Crippen LogP contribution is 2.35. The maximum absolute atomic E-state index is 12.9. The van der Waals surface area contributed by atoms with Crippen LogP contribution in [-0.2, 0) is 13.2 Å². The summed E-state index contributed by atoms with van der Waals surface area (Å²) in [5, 5.41) is 5.02. The molecule has 7 heteroatoms. The van der Waals surface area contributed by atoms with Crippen molar-refractivity contribution in [2.24, 2.45) is 0 Å². The zero-order chi connectivity index (χ0) is 19.4. The van der Waals surface area contributed by atoms with E-state index >= 15 is 0 Å². The Morgan fingerprint density at radius 1 is 0.815 bits per heavy atom. The summed E-state index contributed by atoms with van der Waals surface area (Å²) in [5.74, 6) is 0.101. The molecule has 0 radical (unpaired) electrons. The Bertz CT molecular complexity index is 924. The van der Waals surface area contributed by atoms with Gasteiger partial charge in [-0.3, -0.25) is 0 Å². The lowest BCUT2D eigenvalue weighted by Gasteiger charge is -2.13. The van der Waals surface area contributed by atoms with Crippen LogP contribution >= 0.6 is 46.4 Å². The van der Waals surface area contributed by atoms with Gasteiger partial charge in [-0.05, 0) is 54.1 Å². The van der Waals surface area contributed by atoms with Gasteiger partial charge in [0.15, 0.2) is 5.75 Å². The minimum Gasteiger partial charge on any atom is -0.486 e. The molecule has 27 heavy (non-hydrogen) atoms. The van der Waals surface area contributed by atoms with E-state index in [4.69, 9.17) is 51.1 Å². The molecule has 0 aliphatic heterocycles. The first-order chi connectivity index (χ1) is 12.9. The van der Waals surface area contributed by atoms with Crippen molar-refractivity contribution < 1.29 is 9.13 Å². The number of hydrogen-bond donors (Lipinski definition) is 1. The largest absolute Gasteiger partial charge is 0.486 e. The van der Waals surface area contributed by atoms with Gasteiger partial charge in [-0.2, -0.15) is 0 Å². The van der Waals surface area contributed by atoms with Gasteiger partial charge in [0.1, 0.15) is 12.4 Å². The van der Waals surface area contributed by atoms with E-state index in [1.54, 1.807) is 42.5 Å². The molecular formula is C20H14Cl4FNO. The molecular weight excluding hydrogens is 431 g/mol. The van der Waals surface area contributed by atoms with Gasteiger partial charge in [0.2, 0.25) is 0 Å². The Labute approximate surface area is 176 Å². The van der Waals surface area contributed by atoms with Crippen LogP contribution in [0.3, 0.4) is 0 Å². The normalized spacial score (nSPS) is 10.7. The third-order valence-corrected chi connectivity index (χ3v) is 4.93. The summed E-state index contributed by atoms with van der Waals surface area (Å²) >= 11 is 24.7. The number of ether oxygens (including phenoxy) is 1. The first kappa shape index (κ1) is 20.1. The Morgan fingerprint density at radius 2 is 1.48 bits per heavy atom. The van der Waals surface area contributed by atoms with Crippen molar-refractivity contribution in [3.63, 3.8) is 0 Å². The lowest BCUT2D eigenvalue weighted by molar-refractivity contribution is 0.306. The molecule has 0 amide bonds. The molecule has 0 saturated heterocycles. The minimum atomic E-state index is -0.283. The van der Waals surface area contributed by atoms with E-state index in [1.165, 1.54) is 12.1 Å². The summed E-state index contributed by atoms with van der Waals surface area (Å²) in [5.41, 5.74) is 2.43. The lowest BCUT2D eigenvalue weighted by atomic mass is 10.2. The van der Waals surface area contributed by atoms with Crippen LogP contribution in [0.1, 0.15) is 11.1 Å². The quantitative estimate of drug-likeness (QED) is 0.421.